The predicted octanol–water partition coefficient (Wildman–Crippen LogP) is 6.35. The van der Waals surface area contributed by atoms with Gasteiger partial charge in [-0.05, 0) is 80.1 Å². The smallest absolute Gasteiger partial charge is 0.307 e. The molecule has 1 spiro atoms. The Morgan fingerprint density at radius 2 is 1.97 bits per heavy atom. The normalized spacial score (nSPS) is 21.1. The first-order chi connectivity index (χ1) is 16.5. The van der Waals surface area contributed by atoms with E-state index in [1.165, 1.54) is 23.3 Å². The molecule has 5 rings (SSSR count). The molecule has 1 saturated carbocycles. The van der Waals surface area contributed by atoms with Gasteiger partial charge in [0.05, 0.1) is 11.6 Å². The van der Waals surface area contributed by atoms with E-state index in [1.54, 1.807) is 24.2 Å². The van der Waals surface area contributed by atoms with E-state index in [9.17, 15) is 9.90 Å². The number of carbonyl (C=O) groups is 1. The predicted molar refractivity (Wildman–Crippen MR) is 135 cm³/mol. The number of hydrogen-bond donors (Lipinski definition) is 2. The van der Waals surface area contributed by atoms with E-state index in [4.69, 9.17) is 0 Å². The monoisotopic (exact) mass is 480 g/mol. The highest BCUT2D eigenvalue weighted by Gasteiger charge is 2.58. The molecule has 1 atom stereocenters. The number of nitrogens with zero attached hydrogens (tertiary/aromatic N) is 3. The Bertz CT molecular complexity index is 1040. The van der Waals surface area contributed by atoms with Crippen LogP contribution in [-0.2, 0) is 11.3 Å². The van der Waals surface area contributed by atoms with Crippen molar-refractivity contribution in [3.8, 4) is 0 Å². The maximum absolute atomic E-state index is 12.0. The third-order valence-electron chi connectivity index (χ3n) is 8.42. The van der Waals surface area contributed by atoms with Gasteiger partial charge in [0.2, 0.25) is 0 Å². The summed E-state index contributed by atoms with van der Waals surface area (Å²) in [6, 6.07) is 6.68. The molecule has 2 aromatic rings. The van der Waals surface area contributed by atoms with Gasteiger partial charge in [-0.15, -0.1) is 0 Å². The number of likely N-dealkylation sites (tertiary alicyclic amines) is 1. The molecular weight excluding hydrogens is 444 g/mol. The molecule has 34 heavy (non-hydrogen) atoms. The number of rotatable bonds is 8. The maximum Gasteiger partial charge on any atom is 0.307 e. The lowest BCUT2D eigenvalue weighted by molar-refractivity contribution is -0.166. The summed E-state index contributed by atoms with van der Waals surface area (Å²) in [5.74, 6) is 0.0671. The Morgan fingerprint density at radius 1 is 1.21 bits per heavy atom. The standard InChI is InChI=1S/C27H36N4O2S/c1-3-5-8-27(20(4-2)25(32)33)17-26(18-27)9-13-31(14-10-26)16-19-6-7-22-21(15-19)30-23-24(34-22)29-12-11-28-23/h6-7,11-12,15,20H,3-5,8-10,13-14,16-18H2,1-2H3,(H,28,30)(H,32,33). The van der Waals surface area contributed by atoms with Crippen LogP contribution < -0.4 is 5.32 Å². The lowest BCUT2D eigenvalue weighted by atomic mass is 9.44. The number of fused-ring (bicyclic) bond motifs is 2. The van der Waals surface area contributed by atoms with Crippen molar-refractivity contribution in [2.24, 2.45) is 16.7 Å². The Kier molecular flexibility index (Phi) is 6.60. The molecule has 0 amide bonds. The van der Waals surface area contributed by atoms with Crippen molar-refractivity contribution in [3.05, 3.63) is 36.2 Å². The van der Waals surface area contributed by atoms with E-state index < -0.39 is 5.97 Å². The van der Waals surface area contributed by atoms with Crippen molar-refractivity contribution in [2.75, 3.05) is 18.4 Å². The van der Waals surface area contributed by atoms with Crippen LogP contribution in [0.3, 0.4) is 0 Å². The first-order valence-electron chi connectivity index (χ1n) is 12.8. The van der Waals surface area contributed by atoms with Gasteiger partial charge in [0, 0.05) is 23.8 Å². The van der Waals surface area contributed by atoms with Crippen LogP contribution in [0.25, 0.3) is 0 Å². The van der Waals surface area contributed by atoms with Gasteiger partial charge < -0.3 is 10.4 Å². The number of hydrogen-bond acceptors (Lipinski definition) is 6. The molecule has 2 N–H and O–H groups in total. The number of carboxylic acids is 1. The van der Waals surface area contributed by atoms with Gasteiger partial charge >= 0.3 is 5.97 Å². The van der Waals surface area contributed by atoms with Crippen LogP contribution in [0.4, 0.5) is 11.5 Å². The molecule has 6 nitrogen and oxygen atoms in total. The van der Waals surface area contributed by atoms with Gasteiger partial charge in [-0.2, -0.15) is 0 Å². The molecule has 2 fully saturated rings. The summed E-state index contributed by atoms with van der Waals surface area (Å²) in [6.07, 6.45) is 12.2. The molecule has 0 bridgehead atoms. The minimum Gasteiger partial charge on any atom is -0.481 e. The fraction of sp³-hybridized carbons (Fsp3) is 0.593. The van der Waals surface area contributed by atoms with Crippen molar-refractivity contribution in [2.45, 2.75) is 81.7 Å². The molecule has 182 valence electrons. The third-order valence-corrected chi connectivity index (χ3v) is 9.49. The van der Waals surface area contributed by atoms with Gasteiger partial charge in [-0.1, -0.05) is 44.5 Å². The molecule has 3 aliphatic rings. The Balaban J connectivity index is 1.19. The summed E-state index contributed by atoms with van der Waals surface area (Å²) in [6.45, 7) is 7.42. The molecule has 1 unspecified atom stereocenters. The van der Waals surface area contributed by atoms with Crippen LogP contribution in [0.1, 0.15) is 70.8 Å². The van der Waals surface area contributed by atoms with Gasteiger partial charge in [-0.25, -0.2) is 9.97 Å². The highest BCUT2D eigenvalue weighted by molar-refractivity contribution is 7.99. The molecule has 0 radical (unpaired) electrons. The first-order valence-corrected chi connectivity index (χ1v) is 13.6. The number of anilines is 2. The molecular formula is C27H36N4O2S. The van der Waals surface area contributed by atoms with Crippen molar-refractivity contribution < 1.29 is 9.90 Å². The Morgan fingerprint density at radius 3 is 2.68 bits per heavy atom. The van der Waals surface area contributed by atoms with E-state index >= 15 is 0 Å². The van der Waals surface area contributed by atoms with E-state index in [0.717, 1.165) is 74.7 Å². The lowest BCUT2D eigenvalue weighted by Crippen LogP contribution is -2.56. The zero-order valence-corrected chi connectivity index (χ0v) is 21.2. The summed E-state index contributed by atoms with van der Waals surface area (Å²) in [4.78, 5) is 24.6. The molecule has 1 aromatic heterocycles. The van der Waals surface area contributed by atoms with E-state index in [1.807, 2.05) is 0 Å². The second-order valence-electron chi connectivity index (χ2n) is 10.7. The van der Waals surface area contributed by atoms with E-state index in [0.29, 0.717) is 5.41 Å². The van der Waals surface area contributed by atoms with Gasteiger partial charge in [-0.3, -0.25) is 9.69 Å². The van der Waals surface area contributed by atoms with Crippen LogP contribution in [0.2, 0.25) is 0 Å². The summed E-state index contributed by atoms with van der Waals surface area (Å²) >= 11 is 1.67. The number of carboxylic acid groups (broad SMARTS) is 1. The minimum atomic E-state index is -0.585. The second-order valence-corrected chi connectivity index (χ2v) is 11.7. The molecule has 3 heterocycles. The Hall–Kier alpha value is -2.12. The average molecular weight is 481 g/mol. The number of unbranched alkanes of at least 4 members (excludes halogenated alkanes) is 1. The van der Waals surface area contributed by atoms with Crippen molar-refractivity contribution in [1.82, 2.24) is 14.9 Å². The molecule has 1 saturated heterocycles. The molecule has 7 heteroatoms. The quantitative estimate of drug-likeness (QED) is 0.389. The fourth-order valence-corrected chi connectivity index (χ4v) is 7.69. The van der Waals surface area contributed by atoms with Crippen molar-refractivity contribution in [1.29, 1.82) is 0 Å². The summed E-state index contributed by atoms with van der Waals surface area (Å²) < 4.78 is 0. The number of nitrogens with one attached hydrogen (secondary N) is 1. The lowest BCUT2D eigenvalue weighted by Gasteiger charge is -2.61. The van der Waals surface area contributed by atoms with Crippen LogP contribution in [0.15, 0.2) is 40.5 Å². The van der Waals surface area contributed by atoms with Gasteiger partial charge in [0.1, 0.15) is 5.03 Å². The third kappa shape index (κ3) is 4.44. The topological polar surface area (TPSA) is 78.4 Å². The Labute approximate surface area is 207 Å². The highest BCUT2D eigenvalue weighted by atomic mass is 32.2. The number of aromatic nitrogens is 2. The summed E-state index contributed by atoms with van der Waals surface area (Å²) in [7, 11) is 0. The molecule has 1 aliphatic carbocycles. The average Bonchev–Trinajstić information content (AvgIpc) is 2.82. The van der Waals surface area contributed by atoms with Gasteiger partial charge in [0.25, 0.3) is 0 Å². The fourth-order valence-electron chi connectivity index (χ4n) is 6.81. The number of benzene rings is 1. The molecule has 1 aromatic carbocycles. The van der Waals surface area contributed by atoms with Crippen LogP contribution in [-0.4, -0.2) is 39.0 Å². The summed E-state index contributed by atoms with van der Waals surface area (Å²) in [5.41, 5.74) is 2.82. The van der Waals surface area contributed by atoms with Crippen LogP contribution in [0, 0.1) is 16.7 Å². The minimum absolute atomic E-state index is 0.0276. The van der Waals surface area contributed by atoms with E-state index in [-0.39, 0.29) is 11.3 Å². The largest absolute Gasteiger partial charge is 0.481 e. The molecule has 2 aliphatic heterocycles. The van der Waals surface area contributed by atoms with Gasteiger partial charge in [0.15, 0.2) is 5.82 Å². The van der Waals surface area contributed by atoms with Crippen LogP contribution in [0.5, 0.6) is 0 Å². The highest BCUT2D eigenvalue weighted by Crippen LogP contribution is 2.65. The number of piperidine rings is 1. The summed E-state index contributed by atoms with van der Waals surface area (Å²) in [5, 5.41) is 14.2. The number of aliphatic carboxylic acids is 1. The van der Waals surface area contributed by atoms with Crippen molar-refractivity contribution >= 4 is 29.2 Å². The van der Waals surface area contributed by atoms with Crippen molar-refractivity contribution in [3.63, 3.8) is 0 Å². The van der Waals surface area contributed by atoms with E-state index in [2.05, 4.69) is 52.2 Å². The second kappa shape index (κ2) is 9.50. The zero-order valence-electron chi connectivity index (χ0n) is 20.3. The van der Waals surface area contributed by atoms with Crippen LogP contribution >= 0.6 is 11.8 Å². The SMILES string of the molecule is CCCCC1(C(CC)C(=O)O)CC2(CCN(Cc3ccc4c(c3)Nc3nccnc3S4)CC2)C1. The first kappa shape index (κ1) is 23.6. The maximum atomic E-state index is 12.0. The zero-order chi connectivity index (χ0) is 23.8.